The number of aliphatic hydroxyl groups is 1. The second-order valence-electron chi connectivity index (χ2n) is 9.86. The molecule has 1 fully saturated rings. The number of piperazine rings is 1. The molecule has 3 aromatic carbocycles. The molecule has 0 aliphatic carbocycles. The lowest BCUT2D eigenvalue weighted by molar-refractivity contribution is 0.0426. The van der Waals surface area contributed by atoms with Crippen molar-refractivity contribution in [1.29, 1.82) is 0 Å². The summed E-state index contributed by atoms with van der Waals surface area (Å²) in [6.07, 6.45) is -0.561. The van der Waals surface area contributed by atoms with E-state index in [1.807, 2.05) is 55.5 Å². The first-order valence-corrected chi connectivity index (χ1v) is 14.0. The lowest BCUT2D eigenvalue weighted by Gasteiger charge is -2.34. The minimum Gasteiger partial charge on any atom is -0.491 e. The molecule has 1 aliphatic rings. The fourth-order valence-corrected chi connectivity index (χ4v) is 5.69. The maximum Gasteiger partial charge on any atom is 0.241 e. The molecular formula is C30H31N5O3S. The topological polar surface area (TPSA) is 87.8 Å². The standard InChI is InChI=1S/C30H31N5O3S/c1-21-31-27-17-26(10-11-28(27)39-21)37-20-25(36)18-34-12-14-35(15-13-34)19-29-32-30(33-38-29)24-9-5-8-23(16-24)22-6-3-2-4-7-22/h2-11,16-17,25,36H,12-15,18-20H2,1H3/t25-/m1/s1. The van der Waals surface area contributed by atoms with Gasteiger partial charge in [-0.05, 0) is 36.2 Å². The molecule has 1 aliphatic heterocycles. The summed E-state index contributed by atoms with van der Waals surface area (Å²) in [6, 6.07) is 24.4. The molecular weight excluding hydrogens is 510 g/mol. The molecule has 1 saturated heterocycles. The minimum absolute atomic E-state index is 0.255. The van der Waals surface area contributed by atoms with E-state index in [9.17, 15) is 5.11 Å². The number of aliphatic hydroxyl groups excluding tert-OH is 1. The molecule has 0 bridgehead atoms. The van der Waals surface area contributed by atoms with Crippen LogP contribution in [0.2, 0.25) is 0 Å². The van der Waals surface area contributed by atoms with E-state index < -0.39 is 6.10 Å². The molecule has 1 N–H and O–H groups in total. The molecule has 6 rings (SSSR count). The summed E-state index contributed by atoms with van der Waals surface area (Å²) in [5.41, 5.74) is 4.16. The Kier molecular flexibility index (Phi) is 7.64. The van der Waals surface area contributed by atoms with E-state index in [0.717, 1.165) is 63.8 Å². The zero-order valence-corrected chi connectivity index (χ0v) is 22.7. The maximum absolute atomic E-state index is 10.6. The van der Waals surface area contributed by atoms with Crippen molar-refractivity contribution in [3.05, 3.63) is 83.7 Å². The van der Waals surface area contributed by atoms with Gasteiger partial charge in [-0.25, -0.2) is 4.98 Å². The molecule has 0 unspecified atom stereocenters. The number of hydrogen-bond acceptors (Lipinski definition) is 9. The van der Waals surface area contributed by atoms with Crippen molar-refractivity contribution in [2.24, 2.45) is 0 Å². The Morgan fingerprint density at radius 3 is 2.51 bits per heavy atom. The van der Waals surface area contributed by atoms with Crippen LogP contribution >= 0.6 is 11.3 Å². The number of aryl methyl sites for hydroxylation is 1. The number of thiazole rings is 1. The first-order valence-electron chi connectivity index (χ1n) is 13.2. The largest absolute Gasteiger partial charge is 0.491 e. The lowest BCUT2D eigenvalue weighted by Crippen LogP contribution is -2.48. The normalized spacial score (nSPS) is 15.5. The molecule has 39 heavy (non-hydrogen) atoms. The van der Waals surface area contributed by atoms with Crippen LogP contribution in [0.15, 0.2) is 77.3 Å². The summed E-state index contributed by atoms with van der Waals surface area (Å²) >= 11 is 1.67. The highest BCUT2D eigenvalue weighted by molar-refractivity contribution is 7.18. The lowest BCUT2D eigenvalue weighted by atomic mass is 10.0. The van der Waals surface area contributed by atoms with E-state index in [1.165, 1.54) is 0 Å². The highest BCUT2D eigenvalue weighted by Crippen LogP contribution is 2.26. The molecule has 2 aromatic heterocycles. The van der Waals surface area contributed by atoms with Crippen LogP contribution < -0.4 is 4.74 Å². The highest BCUT2D eigenvalue weighted by Gasteiger charge is 2.21. The monoisotopic (exact) mass is 541 g/mol. The van der Waals surface area contributed by atoms with E-state index in [2.05, 4.69) is 49.2 Å². The summed E-state index contributed by atoms with van der Waals surface area (Å²) in [4.78, 5) is 13.7. The Balaban J connectivity index is 0.968. The van der Waals surface area contributed by atoms with Crippen molar-refractivity contribution >= 4 is 21.6 Å². The molecule has 0 spiro atoms. The van der Waals surface area contributed by atoms with Crippen molar-refractivity contribution in [3.8, 4) is 28.3 Å². The van der Waals surface area contributed by atoms with Crippen LogP contribution in [-0.2, 0) is 6.54 Å². The van der Waals surface area contributed by atoms with Crippen molar-refractivity contribution < 1.29 is 14.4 Å². The van der Waals surface area contributed by atoms with E-state index in [1.54, 1.807) is 11.3 Å². The third-order valence-corrected chi connectivity index (χ3v) is 7.85. The first kappa shape index (κ1) is 25.6. The van der Waals surface area contributed by atoms with E-state index in [-0.39, 0.29) is 6.61 Å². The van der Waals surface area contributed by atoms with Crippen molar-refractivity contribution in [1.82, 2.24) is 24.9 Å². The Morgan fingerprint density at radius 1 is 0.897 bits per heavy atom. The van der Waals surface area contributed by atoms with Gasteiger partial charge in [0.1, 0.15) is 18.5 Å². The molecule has 0 saturated carbocycles. The second-order valence-corrected chi connectivity index (χ2v) is 11.1. The van der Waals surface area contributed by atoms with Gasteiger partial charge in [-0.15, -0.1) is 11.3 Å². The van der Waals surface area contributed by atoms with E-state index >= 15 is 0 Å². The van der Waals surface area contributed by atoms with E-state index in [0.29, 0.717) is 24.8 Å². The van der Waals surface area contributed by atoms with Gasteiger partial charge in [0.2, 0.25) is 11.7 Å². The predicted octanol–water partition coefficient (Wildman–Crippen LogP) is 4.88. The summed E-state index contributed by atoms with van der Waals surface area (Å²) in [5.74, 6) is 1.96. The fraction of sp³-hybridized carbons (Fsp3) is 0.300. The molecule has 8 nitrogen and oxygen atoms in total. The van der Waals surface area contributed by atoms with Crippen LogP contribution in [0.4, 0.5) is 0 Å². The SMILES string of the molecule is Cc1nc2cc(OC[C@H](O)CN3CCN(Cc4nc(-c5cccc(-c6ccccc6)c5)no4)CC3)ccc2s1. The molecule has 200 valence electrons. The number of aromatic nitrogens is 3. The van der Waals surface area contributed by atoms with Crippen molar-refractivity contribution in [2.75, 3.05) is 39.3 Å². The predicted molar refractivity (Wildman–Crippen MR) is 153 cm³/mol. The van der Waals surface area contributed by atoms with Crippen LogP contribution in [0.25, 0.3) is 32.7 Å². The van der Waals surface area contributed by atoms with Gasteiger partial charge in [0.25, 0.3) is 0 Å². The van der Waals surface area contributed by atoms with Gasteiger partial charge in [-0.1, -0.05) is 53.7 Å². The second kappa shape index (κ2) is 11.6. The van der Waals surface area contributed by atoms with Crippen LogP contribution in [0, 0.1) is 6.92 Å². The zero-order valence-electron chi connectivity index (χ0n) is 21.9. The smallest absolute Gasteiger partial charge is 0.241 e. The Hall–Kier alpha value is -3.63. The number of β-amino-alcohol motifs (C(OH)–C–C–N with tert-alkyl or cyclic N) is 1. The van der Waals surface area contributed by atoms with Gasteiger partial charge in [-0.2, -0.15) is 4.98 Å². The number of ether oxygens (including phenoxy) is 1. The van der Waals surface area contributed by atoms with Gasteiger partial charge in [0.05, 0.1) is 21.8 Å². The quantitative estimate of drug-likeness (QED) is 0.283. The highest BCUT2D eigenvalue weighted by atomic mass is 32.1. The minimum atomic E-state index is -0.561. The molecule has 9 heteroatoms. The number of nitrogens with zero attached hydrogens (tertiary/aromatic N) is 5. The van der Waals surface area contributed by atoms with Gasteiger partial charge >= 0.3 is 0 Å². The number of fused-ring (bicyclic) bond motifs is 1. The molecule has 3 heterocycles. The zero-order chi connectivity index (χ0) is 26.6. The van der Waals surface area contributed by atoms with Crippen molar-refractivity contribution in [3.63, 3.8) is 0 Å². The third-order valence-electron chi connectivity index (χ3n) is 6.90. The van der Waals surface area contributed by atoms with Crippen LogP contribution in [0.3, 0.4) is 0 Å². The Labute approximate surface area is 231 Å². The average molecular weight is 542 g/mol. The summed E-state index contributed by atoms with van der Waals surface area (Å²) in [6.45, 7) is 6.91. The third kappa shape index (κ3) is 6.34. The average Bonchev–Trinajstić information content (AvgIpc) is 3.59. The maximum atomic E-state index is 10.6. The van der Waals surface area contributed by atoms with Crippen molar-refractivity contribution in [2.45, 2.75) is 19.6 Å². The van der Waals surface area contributed by atoms with Gasteiger partial charge < -0.3 is 14.4 Å². The van der Waals surface area contributed by atoms with Gasteiger partial charge in [-0.3, -0.25) is 9.80 Å². The Morgan fingerprint density at radius 2 is 1.67 bits per heavy atom. The van der Waals surface area contributed by atoms with Gasteiger partial charge in [0.15, 0.2) is 0 Å². The van der Waals surface area contributed by atoms with Crippen LogP contribution in [-0.4, -0.2) is 75.5 Å². The first-order chi connectivity index (χ1) is 19.1. The Bertz CT molecular complexity index is 1530. The number of benzene rings is 3. The molecule has 0 radical (unpaired) electrons. The number of hydrogen-bond donors (Lipinski definition) is 1. The molecule has 0 amide bonds. The summed E-state index contributed by atoms with van der Waals surface area (Å²) < 4.78 is 12.6. The fourth-order valence-electron chi connectivity index (χ4n) is 4.88. The molecule has 5 aromatic rings. The van der Waals surface area contributed by atoms with Crippen LogP contribution in [0.1, 0.15) is 10.9 Å². The molecule has 1 atom stereocenters. The van der Waals surface area contributed by atoms with Gasteiger partial charge in [0, 0.05) is 44.4 Å². The summed E-state index contributed by atoms with van der Waals surface area (Å²) in [7, 11) is 0. The van der Waals surface area contributed by atoms with Crippen LogP contribution in [0.5, 0.6) is 5.75 Å². The number of rotatable bonds is 9. The summed E-state index contributed by atoms with van der Waals surface area (Å²) in [5, 5.41) is 15.8. The van der Waals surface area contributed by atoms with E-state index in [4.69, 9.17) is 9.26 Å².